The van der Waals surface area contributed by atoms with Crippen LogP contribution in [0.15, 0.2) is 21.7 Å². The average molecular weight is 386 g/mol. The maximum atomic E-state index is 12.1. The Hall–Kier alpha value is -2.58. The van der Waals surface area contributed by atoms with Crippen molar-refractivity contribution < 1.29 is 9.66 Å². The van der Waals surface area contributed by atoms with Gasteiger partial charge in [0, 0.05) is 24.7 Å². The van der Waals surface area contributed by atoms with E-state index in [0.29, 0.717) is 20.9 Å². The maximum absolute atomic E-state index is 12.1. The summed E-state index contributed by atoms with van der Waals surface area (Å²) in [5.41, 5.74) is -2.12. The quantitative estimate of drug-likeness (QED) is 0.594. The minimum Gasteiger partial charge on any atom is -0.495 e. The number of rotatable bonds is 4. The summed E-state index contributed by atoms with van der Waals surface area (Å²) in [5, 5.41) is 11.9. The van der Waals surface area contributed by atoms with E-state index in [-0.39, 0.29) is 10.7 Å². The van der Waals surface area contributed by atoms with E-state index in [1.165, 1.54) is 45.5 Å². The Kier molecular flexibility index (Phi) is 5.34. The molecule has 8 nitrogen and oxygen atoms in total. The van der Waals surface area contributed by atoms with Gasteiger partial charge in [-0.15, -0.1) is 0 Å². The van der Waals surface area contributed by atoms with E-state index < -0.39 is 21.9 Å². The second-order valence-corrected chi connectivity index (χ2v) is 5.88. The van der Waals surface area contributed by atoms with Crippen molar-refractivity contribution in [1.82, 2.24) is 9.13 Å². The van der Waals surface area contributed by atoms with Crippen LogP contribution in [0.2, 0.25) is 10.0 Å². The van der Waals surface area contributed by atoms with Crippen LogP contribution in [0.3, 0.4) is 0 Å². The molecule has 0 unspecified atom stereocenters. The zero-order valence-corrected chi connectivity index (χ0v) is 15.0. The van der Waals surface area contributed by atoms with Gasteiger partial charge in [-0.2, -0.15) is 0 Å². The lowest BCUT2D eigenvalue weighted by atomic mass is 10.1. The van der Waals surface area contributed by atoms with Crippen LogP contribution in [0.5, 0.6) is 5.75 Å². The van der Waals surface area contributed by atoms with E-state index in [9.17, 15) is 19.7 Å². The van der Waals surface area contributed by atoms with E-state index in [1.54, 1.807) is 0 Å². The van der Waals surface area contributed by atoms with Crippen LogP contribution in [-0.2, 0) is 14.1 Å². The fraction of sp³-hybridized carbons (Fsp3) is 0.200. The number of benzene rings is 1. The smallest absolute Gasteiger partial charge is 0.357 e. The van der Waals surface area contributed by atoms with Crippen molar-refractivity contribution in [3.05, 3.63) is 64.4 Å². The Morgan fingerprint density at radius 2 is 1.80 bits per heavy atom. The number of halogens is 2. The van der Waals surface area contributed by atoms with Crippen molar-refractivity contribution in [2.75, 3.05) is 7.11 Å². The molecule has 0 fully saturated rings. The highest BCUT2D eigenvalue weighted by Gasteiger charge is 2.23. The highest BCUT2D eigenvalue weighted by Crippen LogP contribution is 2.33. The fourth-order valence-corrected chi connectivity index (χ4v) is 2.88. The summed E-state index contributed by atoms with van der Waals surface area (Å²) in [6.45, 7) is 0. The summed E-state index contributed by atoms with van der Waals surface area (Å²) in [4.78, 5) is 34.5. The monoisotopic (exact) mass is 385 g/mol. The lowest BCUT2D eigenvalue weighted by Gasteiger charge is -2.09. The van der Waals surface area contributed by atoms with Crippen LogP contribution in [0.1, 0.15) is 11.3 Å². The van der Waals surface area contributed by atoms with Crippen LogP contribution in [0, 0.1) is 10.1 Å². The SMILES string of the molecule is COc1c(Cl)cc(Cl)cc1/C=C/c1c([N+](=O)[O-])c(=O)n(C)c(=O)n1C. The summed E-state index contributed by atoms with van der Waals surface area (Å²) >= 11 is 12.0. The van der Waals surface area contributed by atoms with Gasteiger partial charge in [0.1, 0.15) is 11.4 Å². The molecule has 2 rings (SSSR count). The molecule has 10 heteroatoms. The standard InChI is InChI=1S/C15H13Cl2N3O5/c1-18-11(12(20(23)24)14(21)19(2)15(18)22)5-4-8-6-9(16)7-10(17)13(8)25-3/h4-7H,1-3H3/b5-4+. The van der Waals surface area contributed by atoms with Crippen LogP contribution in [0.25, 0.3) is 12.2 Å². The average Bonchev–Trinajstić information content (AvgIpc) is 2.54. The molecule has 1 aromatic carbocycles. The largest absolute Gasteiger partial charge is 0.495 e. The van der Waals surface area contributed by atoms with E-state index in [4.69, 9.17) is 27.9 Å². The van der Waals surface area contributed by atoms with Gasteiger partial charge in [-0.1, -0.05) is 23.2 Å². The molecule has 0 saturated carbocycles. The Morgan fingerprint density at radius 1 is 1.16 bits per heavy atom. The molecule has 1 aromatic heterocycles. The predicted molar refractivity (Wildman–Crippen MR) is 95.5 cm³/mol. The first-order valence-corrected chi connectivity index (χ1v) is 7.60. The first-order valence-electron chi connectivity index (χ1n) is 6.84. The second kappa shape index (κ2) is 7.12. The van der Waals surface area contributed by atoms with E-state index in [0.717, 1.165) is 4.57 Å². The number of hydrogen-bond donors (Lipinski definition) is 0. The van der Waals surface area contributed by atoms with Crippen molar-refractivity contribution in [3.63, 3.8) is 0 Å². The summed E-state index contributed by atoms with van der Waals surface area (Å²) in [5.74, 6) is 0.304. The normalized spacial score (nSPS) is 11.1. The maximum Gasteiger partial charge on any atom is 0.357 e. The van der Waals surface area contributed by atoms with Crippen LogP contribution >= 0.6 is 23.2 Å². The molecule has 25 heavy (non-hydrogen) atoms. The lowest BCUT2D eigenvalue weighted by Crippen LogP contribution is -2.39. The Morgan fingerprint density at radius 3 is 2.36 bits per heavy atom. The molecule has 1 heterocycles. The molecule has 2 aromatic rings. The third kappa shape index (κ3) is 3.45. The minimum absolute atomic E-state index is 0.156. The van der Waals surface area contributed by atoms with Gasteiger partial charge >= 0.3 is 16.9 Å². The first kappa shape index (κ1) is 18.8. The molecular weight excluding hydrogens is 373 g/mol. The summed E-state index contributed by atoms with van der Waals surface area (Å²) in [6.07, 6.45) is 2.70. The van der Waals surface area contributed by atoms with Crippen molar-refractivity contribution in [2.24, 2.45) is 14.1 Å². The number of aromatic nitrogens is 2. The van der Waals surface area contributed by atoms with Crippen LogP contribution in [-0.4, -0.2) is 21.2 Å². The van der Waals surface area contributed by atoms with Gasteiger partial charge in [-0.25, -0.2) is 4.79 Å². The van der Waals surface area contributed by atoms with Gasteiger partial charge in [-0.05, 0) is 24.3 Å². The number of ether oxygens (including phenoxy) is 1. The van der Waals surface area contributed by atoms with Gasteiger partial charge < -0.3 is 4.74 Å². The Balaban J connectivity index is 2.74. The molecule has 0 spiro atoms. The van der Waals surface area contributed by atoms with E-state index in [1.807, 2.05) is 0 Å². The molecule has 0 radical (unpaired) electrons. The molecular formula is C15H13Cl2N3O5. The van der Waals surface area contributed by atoms with Crippen molar-refractivity contribution in [1.29, 1.82) is 0 Å². The molecule has 0 aliphatic carbocycles. The summed E-state index contributed by atoms with van der Waals surface area (Å²) < 4.78 is 6.87. The van der Waals surface area contributed by atoms with Crippen molar-refractivity contribution in [3.8, 4) is 5.75 Å². The number of methoxy groups -OCH3 is 1. The van der Waals surface area contributed by atoms with Gasteiger partial charge in [0.25, 0.3) is 0 Å². The minimum atomic E-state index is -0.996. The zero-order chi connectivity index (χ0) is 18.9. The van der Waals surface area contributed by atoms with Crippen molar-refractivity contribution in [2.45, 2.75) is 0 Å². The third-order valence-electron chi connectivity index (χ3n) is 3.53. The molecule has 0 N–H and O–H groups in total. The van der Waals surface area contributed by atoms with Crippen molar-refractivity contribution >= 4 is 41.0 Å². The second-order valence-electron chi connectivity index (χ2n) is 5.04. The van der Waals surface area contributed by atoms with Gasteiger partial charge in [0.2, 0.25) is 0 Å². The van der Waals surface area contributed by atoms with E-state index in [2.05, 4.69) is 0 Å². The highest BCUT2D eigenvalue weighted by atomic mass is 35.5. The topological polar surface area (TPSA) is 96.4 Å². The molecule has 0 atom stereocenters. The molecule has 0 aliphatic rings. The van der Waals surface area contributed by atoms with Crippen LogP contribution in [0.4, 0.5) is 5.69 Å². The summed E-state index contributed by atoms with van der Waals surface area (Å²) in [6, 6.07) is 3.02. The fourth-order valence-electron chi connectivity index (χ4n) is 2.29. The molecule has 0 bridgehead atoms. The lowest BCUT2D eigenvalue weighted by molar-refractivity contribution is -0.387. The molecule has 132 valence electrons. The highest BCUT2D eigenvalue weighted by molar-refractivity contribution is 6.36. The number of hydrogen-bond acceptors (Lipinski definition) is 5. The summed E-state index contributed by atoms with van der Waals surface area (Å²) in [7, 11) is 3.91. The first-order chi connectivity index (χ1) is 11.7. The van der Waals surface area contributed by atoms with E-state index >= 15 is 0 Å². The van der Waals surface area contributed by atoms with Crippen LogP contribution < -0.4 is 16.0 Å². The molecule has 0 amide bonds. The Labute approximate surface area is 151 Å². The van der Waals surface area contributed by atoms with Gasteiger partial charge in [0.05, 0.1) is 17.1 Å². The number of nitro groups is 1. The third-order valence-corrected chi connectivity index (χ3v) is 4.03. The number of nitrogens with zero attached hydrogens (tertiary/aromatic N) is 3. The van der Waals surface area contributed by atoms with Gasteiger partial charge in [-0.3, -0.25) is 24.0 Å². The predicted octanol–water partition coefficient (Wildman–Crippen LogP) is 2.48. The Bertz CT molecular complexity index is 1010. The molecule has 0 aliphatic heterocycles. The molecule has 0 saturated heterocycles. The van der Waals surface area contributed by atoms with Gasteiger partial charge in [0.15, 0.2) is 0 Å². The zero-order valence-electron chi connectivity index (χ0n) is 13.4.